The third kappa shape index (κ3) is 2.40. The third-order valence-corrected chi connectivity index (χ3v) is 2.49. The summed E-state index contributed by atoms with van der Waals surface area (Å²) in [5.74, 6) is 0.432. The maximum atomic E-state index is 13.3. The van der Waals surface area contributed by atoms with Gasteiger partial charge in [0.1, 0.15) is 0 Å². The SMILES string of the molecule is Nc1ccc(N=Nc2ccn[nH]2)c(C(F)Cl)c1N. The Balaban J connectivity index is 2.42. The summed E-state index contributed by atoms with van der Waals surface area (Å²) in [5, 5.41) is 14.0. The van der Waals surface area contributed by atoms with E-state index in [4.69, 9.17) is 23.1 Å². The zero-order valence-corrected chi connectivity index (χ0v) is 9.89. The molecule has 5 N–H and O–H groups in total. The molecule has 0 aliphatic carbocycles. The number of nitrogen functional groups attached to an aromatic ring is 2. The molecule has 1 aromatic carbocycles. The number of azo groups is 1. The number of nitrogens with zero attached hydrogens (tertiary/aromatic N) is 3. The van der Waals surface area contributed by atoms with Crippen LogP contribution in [-0.2, 0) is 0 Å². The van der Waals surface area contributed by atoms with E-state index in [-0.39, 0.29) is 22.6 Å². The van der Waals surface area contributed by atoms with E-state index in [0.29, 0.717) is 5.82 Å². The highest BCUT2D eigenvalue weighted by Gasteiger charge is 2.17. The van der Waals surface area contributed by atoms with E-state index < -0.39 is 5.63 Å². The van der Waals surface area contributed by atoms with Crippen LogP contribution in [0.15, 0.2) is 34.6 Å². The minimum absolute atomic E-state index is 0.0138. The predicted molar refractivity (Wildman–Crippen MR) is 67.7 cm³/mol. The average Bonchev–Trinajstić information content (AvgIpc) is 2.83. The number of anilines is 2. The zero-order valence-electron chi connectivity index (χ0n) is 9.14. The second-order valence-electron chi connectivity index (χ2n) is 3.44. The van der Waals surface area contributed by atoms with Gasteiger partial charge in [0, 0.05) is 6.07 Å². The number of benzene rings is 1. The molecule has 1 heterocycles. The van der Waals surface area contributed by atoms with Crippen LogP contribution in [0.4, 0.5) is 27.3 Å². The molecule has 0 fully saturated rings. The monoisotopic (exact) mass is 268 g/mol. The van der Waals surface area contributed by atoms with E-state index in [1.165, 1.54) is 18.3 Å². The van der Waals surface area contributed by atoms with Crippen molar-refractivity contribution in [3.05, 3.63) is 30.0 Å². The number of alkyl halides is 2. The van der Waals surface area contributed by atoms with E-state index in [2.05, 4.69) is 20.4 Å². The van der Waals surface area contributed by atoms with Crippen molar-refractivity contribution < 1.29 is 4.39 Å². The summed E-state index contributed by atoms with van der Waals surface area (Å²) in [6, 6.07) is 4.62. The number of halogens is 2. The minimum atomic E-state index is -1.80. The first-order valence-electron chi connectivity index (χ1n) is 4.96. The van der Waals surface area contributed by atoms with Crippen molar-refractivity contribution in [1.82, 2.24) is 10.2 Å². The molecule has 0 aliphatic heterocycles. The highest BCUT2D eigenvalue weighted by molar-refractivity contribution is 6.20. The van der Waals surface area contributed by atoms with Crippen molar-refractivity contribution in [3.63, 3.8) is 0 Å². The number of nitrogens with one attached hydrogen (secondary N) is 1. The van der Waals surface area contributed by atoms with Crippen LogP contribution in [0.2, 0.25) is 0 Å². The van der Waals surface area contributed by atoms with Crippen molar-refractivity contribution in [2.45, 2.75) is 5.63 Å². The van der Waals surface area contributed by atoms with Crippen LogP contribution < -0.4 is 11.5 Å². The van der Waals surface area contributed by atoms with Crippen molar-refractivity contribution >= 4 is 34.5 Å². The van der Waals surface area contributed by atoms with Gasteiger partial charge < -0.3 is 11.5 Å². The molecule has 1 atom stereocenters. The van der Waals surface area contributed by atoms with Crippen molar-refractivity contribution in [1.29, 1.82) is 0 Å². The third-order valence-electron chi connectivity index (χ3n) is 2.27. The fourth-order valence-electron chi connectivity index (χ4n) is 1.37. The van der Waals surface area contributed by atoms with Crippen molar-refractivity contribution in [3.8, 4) is 0 Å². The molecular weight excluding hydrogens is 259 g/mol. The Kier molecular flexibility index (Phi) is 3.42. The van der Waals surface area contributed by atoms with Crippen LogP contribution in [0.3, 0.4) is 0 Å². The number of hydrogen-bond acceptors (Lipinski definition) is 5. The van der Waals surface area contributed by atoms with E-state index in [1.807, 2.05) is 0 Å². The number of H-pyrrole nitrogens is 1. The van der Waals surface area contributed by atoms with Crippen LogP contribution in [0.1, 0.15) is 11.2 Å². The first-order valence-corrected chi connectivity index (χ1v) is 5.40. The van der Waals surface area contributed by atoms with E-state index in [0.717, 1.165) is 0 Å². The molecule has 2 rings (SSSR count). The summed E-state index contributed by atoms with van der Waals surface area (Å²) < 4.78 is 13.3. The van der Waals surface area contributed by atoms with Crippen LogP contribution >= 0.6 is 11.6 Å². The topological polar surface area (TPSA) is 105 Å². The molecule has 0 bridgehead atoms. The molecule has 0 aliphatic rings. The number of aromatic nitrogens is 2. The number of rotatable bonds is 3. The molecule has 0 amide bonds. The summed E-state index contributed by atoms with van der Waals surface area (Å²) in [4.78, 5) is 0. The van der Waals surface area contributed by atoms with Crippen LogP contribution in [0.5, 0.6) is 0 Å². The molecule has 0 saturated heterocycles. The first-order chi connectivity index (χ1) is 8.59. The van der Waals surface area contributed by atoms with Gasteiger partial charge in [-0.05, 0) is 12.1 Å². The van der Waals surface area contributed by atoms with Crippen molar-refractivity contribution in [2.75, 3.05) is 11.5 Å². The lowest BCUT2D eigenvalue weighted by molar-refractivity contribution is 0.462. The molecule has 6 nitrogen and oxygen atoms in total. The smallest absolute Gasteiger partial charge is 0.202 e. The van der Waals surface area contributed by atoms with Gasteiger partial charge in [-0.15, -0.1) is 10.2 Å². The Morgan fingerprint density at radius 2 is 2.06 bits per heavy atom. The lowest BCUT2D eigenvalue weighted by Gasteiger charge is -2.10. The molecule has 1 unspecified atom stereocenters. The van der Waals surface area contributed by atoms with Gasteiger partial charge in [0.15, 0.2) is 5.82 Å². The van der Waals surface area contributed by atoms with Gasteiger partial charge in [-0.2, -0.15) is 5.10 Å². The molecule has 94 valence electrons. The number of aromatic amines is 1. The zero-order chi connectivity index (χ0) is 13.1. The maximum Gasteiger partial charge on any atom is 0.202 e. The Hall–Kier alpha value is -2.15. The quantitative estimate of drug-likeness (QED) is 0.452. The van der Waals surface area contributed by atoms with Gasteiger partial charge in [-0.25, -0.2) is 4.39 Å². The van der Waals surface area contributed by atoms with Crippen LogP contribution in [-0.4, -0.2) is 10.2 Å². The first kappa shape index (κ1) is 12.3. The van der Waals surface area contributed by atoms with E-state index in [1.54, 1.807) is 6.07 Å². The molecule has 8 heteroatoms. The van der Waals surface area contributed by atoms with Gasteiger partial charge in [0.25, 0.3) is 0 Å². The summed E-state index contributed by atoms with van der Waals surface area (Å²) in [6.07, 6.45) is 1.52. The standard InChI is InChI=1S/C10H10ClFN6/c11-10(12)8-6(2-1-5(13)9(8)14)16-18-7-3-4-15-17-7/h1-4,10H,13-14H2,(H,15,17). The van der Waals surface area contributed by atoms with Crippen molar-refractivity contribution in [2.24, 2.45) is 10.2 Å². The Labute approximate surface area is 107 Å². The van der Waals surface area contributed by atoms with Gasteiger partial charge >= 0.3 is 0 Å². The van der Waals surface area contributed by atoms with Gasteiger partial charge in [0.05, 0.1) is 28.8 Å². The lowest BCUT2D eigenvalue weighted by Crippen LogP contribution is -2.00. The second kappa shape index (κ2) is 5.01. The fraction of sp³-hybridized carbons (Fsp3) is 0.100. The Bertz CT molecular complexity index is 566. The Morgan fingerprint density at radius 3 is 2.67 bits per heavy atom. The maximum absolute atomic E-state index is 13.3. The fourth-order valence-corrected chi connectivity index (χ4v) is 1.60. The van der Waals surface area contributed by atoms with Gasteiger partial charge in [-0.1, -0.05) is 11.6 Å². The van der Waals surface area contributed by atoms with Gasteiger partial charge in [0.2, 0.25) is 5.63 Å². The lowest BCUT2D eigenvalue weighted by atomic mass is 10.1. The molecule has 0 saturated carbocycles. The second-order valence-corrected chi connectivity index (χ2v) is 3.83. The molecule has 1 aromatic heterocycles. The Morgan fingerprint density at radius 1 is 1.28 bits per heavy atom. The number of hydrogen-bond donors (Lipinski definition) is 3. The average molecular weight is 269 g/mol. The van der Waals surface area contributed by atoms with Crippen LogP contribution in [0, 0.1) is 0 Å². The molecule has 18 heavy (non-hydrogen) atoms. The molecular formula is C10H10ClFN6. The van der Waals surface area contributed by atoms with Gasteiger partial charge in [-0.3, -0.25) is 5.10 Å². The summed E-state index contributed by atoms with van der Waals surface area (Å²) >= 11 is 5.42. The summed E-state index contributed by atoms with van der Waals surface area (Å²) in [6.45, 7) is 0. The summed E-state index contributed by atoms with van der Waals surface area (Å²) in [5.41, 5.74) is 9.99. The normalized spacial score (nSPS) is 13.0. The molecule has 2 aromatic rings. The van der Waals surface area contributed by atoms with Crippen LogP contribution in [0.25, 0.3) is 0 Å². The van der Waals surface area contributed by atoms with E-state index in [9.17, 15) is 4.39 Å². The van der Waals surface area contributed by atoms with E-state index >= 15 is 0 Å². The molecule has 0 radical (unpaired) electrons. The number of nitrogens with two attached hydrogens (primary N) is 2. The highest BCUT2D eigenvalue weighted by atomic mass is 35.5. The summed E-state index contributed by atoms with van der Waals surface area (Å²) in [7, 11) is 0. The predicted octanol–water partition coefficient (Wildman–Crippen LogP) is 3.20. The molecule has 0 spiro atoms. The highest BCUT2D eigenvalue weighted by Crippen LogP contribution is 2.39. The minimum Gasteiger partial charge on any atom is -0.397 e. The largest absolute Gasteiger partial charge is 0.397 e.